The normalized spacial score (nSPS) is 11.4. The van der Waals surface area contributed by atoms with E-state index in [1.165, 1.54) is 0 Å². The highest BCUT2D eigenvalue weighted by Gasteiger charge is 2.37. The molecule has 1 aromatic rings. The summed E-state index contributed by atoms with van der Waals surface area (Å²) in [5.41, 5.74) is 4.99. The van der Waals surface area contributed by atoms with Crippen LogP contribution in [0.25, 0.3) is 0 Å². The molecule has 0 aliphatic carbocycles. The van der Waals surface area contributed by atoms with E-state index in [4.69, 9.17) is 25.5 Å². The largest absolute Gasteiger partial charge is 0.631 e. The number of para-hydroxylation sites is 1. The van der Waals surface area contributed by atoms with Crippen molar-refractivity contribution in [2.45, 2.75) is 45.4 Å². The average molecular weight is 285 g/mol. The van der Waals surface area contributed by atoms with Gasteiger partial charge in [-0.15, -0.1) is 0 Å². The Morgan fingerprint density at radius 1 is 1.10 bits per heavy atom. The van der Waals surface area contributed by atoms with Crippen LogP contribution in [0, 0.1) is 0 Å². The van der Waals surface area contributed by atoms with Gasteiger partial charge in [0.15, 0.2) is 0 Å². The minimum atomic E-state index is -2.17. The predicted molar refractivity (Wildman–Crippen MR) is 77.7 cm³/mol. The van der Waals surface area contributed by atoms with Crippen molar-refractivity contribution < 1.29 is 24.9 Å². The van der Waals surface area contributed by atoms with Crippen molar-refractivity contribution in [1.29, 1.82) is 0 Å². The first-order valence-electron chi connectivity index (χ1n) is 6.25. The van der Waals surface area contributed by atoms with Gasteiger partial charge < -0.3 is 30.6 Å². The fourth-order valence-electron chi connectivity index (χ4n) is 1.17. The molecule has 0 radical (unpaired) electrons. The van der Waals surface area contributed by atoms with E-state index in [-0.39, 0.29) is 0 Å². The molecule has 0 saturated carbocycles. The molecule has 0 amide bonds. The van der Waals surface area contributed by atoms with E-state index >= 15 is 0 Å². The van der Waals surface area contributed by atoms with Crippen molar-refractivity contribution in [3.05, 3.63) is 29.8 Å². The smallest absolute Gasteiger partial charge is 0.485 e. The van der Waals surface area contributed by atoms with Gasteiger partial charge in [0.05, 0.1) is 5.60 Å². The standard InChI is InChI=1S/C13H21NO2.BH3O3/c1-12(2,15)13(3,4)16-11-8-6-5-7-10(11)9-14;2-1(3)4/h5-8,15H,9,14H2,1-4H3;2-4H. The number of benzene rings is 1. The molecule has 0 heterocycles. The van der Waals surface area contributed by atoms with E-state index in [0.29, 0.717) is 6.54 Å². The van der Waals surface area contributed by atoms with Gasteiger partial charge in [0.1, 0.15) is 11.4 Å². The van der Waals surface area contributed by atoms with Crippen LogP contribution in [0.2, 0.25) is 0 Å². The highest BCUT2D eigenvalue weighted by molar-refractivity contribution is 6.30. The van der Waals surface area contributed by atoms with Crippen LogP contribution in [0.15, 0.2) is 24.3 Å². The summed E-state index contributed by atoms with van der Waals surface area (Å²) in [6.07, 6.45) is 0. The van der Waals surface area contributed by atoms with Crippen LogP contribution in [0.1, 0.15) is 33.3 Å². The number of hydrogen-bond acceptors (Lipinski definition) is 6. The maximum absolute atomic E-state index is 10.0. The first kappa shape index (κ1) is 18.9. The second-order valence-electron chi connectivity index (χ2n) is 5.33. The molecule has 0 atom stereocenters. The van der Waals surface area contributed by atoms with E-state index in [1.54, 1.807) is 13.8 Å². The SMILES string of the molecule is CC(C)(O)C(C)(C)Oc1ccccc1CN.OB(O)O. The molecule has 1 rings (SSSR count). The number of hydrogen-bond donors (Lipinski definition) is 5. The van der Waals surface area contributed by atoms with Crippen molar-refractivity contribution in [3.63, 3.8) is 0 Å². The topological polar surface area (TPSA) is 116 Å². The highest BCUT2D eigenvalue weighted by Crippen LogP contribution is 2.29. The zero-order valence-electron chi connectivity index (χ0n) is 12.4. The summed E-state index contributed by atoms with van der Waals surface area (Å²) in [4.78, 5) is 0. The van der Waals surface area contributed by atoms with Gasteiger partial charge in [-0.1, -0.05) is 18.2 Å². The van der Waals surface area contributed by atoms with Crippen LogP contribution in [-0.2, 0) is 6.54 Å². The molecule has 0 aromatic heterocycles. The van der Waals surface area contributed by atoms with Gasteiger partial charge in [-0.2, -0.15) is 0 Å². The molecule has 0 saturated heterocycles. The van der Waals surface area contributed by atoms with Crippen LogP contribution in [0.3, 0.4) is 0 Å². The summed E-state index contributed by atoms with van der Waals surface area (Å²) in [5, 5.41) is 31.5. The summed E-state index contributed by atoms with van der Waals surface area (Å²) >= 11 is 0. The number of nitrogens with two attached hydrogens (primary N) is 1. The third-order valence-electron chi connectivity index (χ3n) is 3.03. The average Bonchev–Trinajstić information content (AvgIpc) is 2.27. The van der Waals surface area contributed by atoms with Crippen LogP contribution in [0.4, 0.5) is 0 Å². The minimum absolute atomic E-state index is 0.429. The van der Waals surface area contributed by atoms with E-state index in [1.807, 2.05) is 38.1 Å². The lowest BCUT2D eigenvalue weighted by atomic mass is 9.89. The van der Waals surface area contributed by atoms with E-state index in [0.717, 1.165) is 11.3 Å². The van der Waals surface area contributed by atoms with Crippen molar-refractivity contribution in [1.82, 2.24) is 0 Å². The maximum Gasteiger partial charge on any atom is 0.631 e. The molecule has 0 aliphatic heterocycles. The van der Waals surface area contributed by atoms with E-state index in [9.17, 15) is 5.11 Å². The predicted octanol–water partition coefficient (Wildman–Crippen LogP) is 0.0218. The Morgan fingerprint density at radius 2 is 1.55 bits per heavy atom. The molecule has 0 aliphatic rings. The Balaban J connectivity index is 0.000000796. The second-order valence-corrected chi connectivity index (χ2v) is 5.33. The molecule has 114 valence electrons. The maximum atomic E-state index is 10.0. The van der Waals surface area contributed by atoms with Crippen LogP contribution >= 0.6 is 0 Å². The Kier molecular flexibility index (Phi) is 7.19. The van der Waals surface area contributed by atoms with E-state index in [2.05, 4.69) is 0 Å². The Bertz CT molecular complexity index is 401. The minimum Gasteiger partial charge on any atom is -0.485 e. The number of aliphatic hydroxyl groups is 1. The van der Waals surface area contributed by atoms with E-state index < -0.39 is 18.5 Å². The summed E-state index contributed by atoms with van der Waals surface area (Å²) in [5.74, 6) is 0.733. The summed E-state index contributed by atoms with van der Waals surface area (Å²) in [7, 11) is -2.17. The fraction of sp³-hybridized carbons (Fsp3) is 0.538. The molecule has 0 unspecified atom stereocenters. The molecule has 20 heavy (non-hydrogen) atoms. The lowest BCUT2D eigenvalue weighted by Gasteiger charge is -2.38. The van der Waals surface area contributed by atoms with Crippen molar-refractivity contribution in [2.75, 3.05) is 0 Å². The molecular formula is C13H24BNO5. The summed E-state index contributed by atoms with van der Waals surface area (Å²) in [6.45, 7) is 7.62. The quantitative estimate of drug-likeness (QED) is 0.498. The van der Waals surface area contributed by atoms with Gasteiger partial charge in [0.2, 0.25) is 0 Å². The number of ether oxygens (including phenoxy) is 1. The lowest BCUT2D eigenvalue weighted by Crippen LogP contribution is -2.49. The number of rotatable bonds is 4. The lowest BCUT2D eigenvalue weighted by molar-refractivity contribution is -0.0910. The molecule has 0 fully saturated rings. The second kappa shape index (κ2) is 7.61. The van der Waals surface area contributed by atoms with Gasteiger partial charge in [0, 0.05) is 12.1 Å². The van der Waals surface area contributed by atoms with Crippen molar-refractivity contribution >= 4 is 7.32 Å². The van der Waals surface area contributed by atoms with Gasteiger partial charge in [-0.25, -0.2) is 0 Å². The van der Waals surface area contributed by atoms with Gasteiger partial charge >= 0.3 is 7.32 Å². The Morgan fingerprint density at radius 3 is 1.95 bits per heavy atom. The third-order valence-corrected chi connectivity index (χ3v) is 3.03. The monoisotopic (exact) mass is 285 g/mol. The molecule has 6 N–H and O–H groups in total. The molecule has 6 nitrogen and oxygen atoms in total. The third kappa shape index (κ3) is 6.36. The van der Waals surface area contributed by atoms with Gasteiger partial charge in [-0.05, 0) is 33.8 Å². The molecular weight excluding hydrogens is 261 g/mol. The molecule has 0 spiro atoms. The zero-order valence-corrected chi connectivity index (χ0v) is 12.4. The van der Waals surface area contributed by atoms with Crippen LogP contribution in [0.5, 0.6) is 5.75 Å². The van der Waals surface area contributed by atoms with Crippen LogP contribution in [-0.4, -0.2) is 38.7 Å². The Hall–Kier alpha value is -1.12. The summed E-state index contributed by atoms with van der Waals surface area (Å²) < 4.78 is 5.86. The van der Waals surface area contributed by atoms with Crippen molar-refractivity contribution in [3.8, 4) is 5.75 Å². The van der Waals surface area contributed by atoms with Crippen LogP contribution < -0.4 is 10.5 Å². The Labute approximate surface area is 120 Å². The fourth-order valence-corrected chi connectivity index (χ4v) is 1.17. The molecule has 1 aromatic carbocycles. The van der Waals surface area contributed by atoms with Gasteiger partial charge in [-0.3, -0.25) is 0 Å². The van der Waals surface area contributed by atoms with Gasteiger partial charge in [0.25, 0.3) is 0 Å². The first-order chi connectivity index (χ1) is 9.01. The zero-order chi connectivity index (χ0) is 16.0. The molecule has 7 heteroatoms. The van der Waals surface area contributed by atoms with Crippen molar-refractivity contribution in [2.24, 2.45) is 5.73 Å². The molecule has 0 bridgehead atoms. The summed E-state index contributed by atoms with van der Waals surface area (Å²) in [6, 6.07) is 7.62. The first-order valence-corrected chi connectivity index (χ1v) is 6.25. The highest BCUT2D eigenvalue weighted by atomic mass is 16.5.